The van der Waals surface area contributed by atoms with E-state index in [2.05, 4.69) is 10.1 Å². The van der Waals surface area contributed by atoms with Gasteiger partial charge in [-0.3, -0.25) is 9.00 Å². The maximum atomic E-state index is 12.2. The molecule has 1 N–H and O–H groups in total. The number of rotatable bonds is 6. The van der Waals surface area contributed by atoms with Gasteiger partial charge in [0.25, 0.3) is 0 Å². The smallest absolute Gasteiger partial charge is 0.329 e. The molecule has 110 valence electrons. The minimum atomic E-state index is -1.43. The summed E-state index contributed by atoms with van der Waals surface area (Å²) in [6.07, 6.45) is 0. The monoisotopic (exact) mass is 299 g/mol. The molecule has 0 bridgehead atoms. The van der Waals surface area contributed by atoms with Gasteiger partial charge in [0, 0.05) is 11.8 Å². The molecule has 2 atom stereocenters. The Morgan fingerprint density at radius 3 is 2.30 bits per heavy atom. The van der Waals surface area contributed by atoms with E-state index in [0.717, 1.165) is 0 Å². The Morgan fingerprint density at radius 2 is 1.85 bits per heavy atom. The van der Waals surface area contributed by atoms with E-state index >= 15 is 0 Å². The largest absolute Gasteiger partial charge is 0.497 e. The number of amides is 1. The van der Waals surface area contributed by atoms with E-state index < -0.39 is 22.8 Å². The molecule has 0 aliphatic carbocycles. The van der Waals surface area contributed by atoms with Gasteiger partial charge in [-0.1, -0.05) is 0 Å². The normalized spacial score (nSPS) is 13.2. The number of esters is 1. The average molecular weight is 299 g/mol. The van der Waals surface area contributed by atoms with Crippen molar-refractivity contribution in [3.05, 3.63) is 24.3 Å². The lowest BCUT2D eigenvalue weighted by Gasteiger charge is -2.15. The lowest BCUT2D eigenvalue weighted by Crippen LogP contribution is -2.44. The summed E-state index contributed by atoms with van der Waals surface area (Å²) in [4.78, 5) is 23.1. The van der Waals surface area contributed by atoms with Crippen LogP contribution >= 0.6 is 0 Å². The Labute approximate surface area is 119 Å². The molecule has 0 aliphatic heterocycles. The van der Waals surface area contributed by atoms with Gasteiger partial charge in [-0.05, 0) is 24.3 Å². The van der Waals surface area contributed by atoms with E-state index in [1.807, 2.05) is 0 Å². The maximum Gasteiger partial charge on any atom is 0.329 e. The van der Waals surface area contributed by atoms with Crippen molar-refractivity contribution < 1.29 is 23.3 Å². The molecule has 0 aromatic heterocycles. The van der Waals surface area contributed by atoms with Gasteiger partial charge in [-0.25, -0.2) is 4.79 Å². The van der Waals surface area contributed by atoms with Crippen LogP contribution in [-0.2, 0) is 25.1 Å². The van der Waals surface area contributed by atoms with Crippen LogP contribution in [0, 0.1) is 0 Å². The Balaban J connectivity index is 2.78. The van der Waals surface area contributed by atoms with Crippen LogP contribution in [0.5, 0.6) is 5.75 Å². The Bertz CT molecular complexity index is 500. The van der Waals surface area contributed by atoms with Crippen molar-refractivity contribution >= 4 is 22.7 Å². The summed E-state index contributed by atoms with van der Waals surface area (Å²) in [5.41, 5.74) is 0. The fraction of sp³-hybridized carbons (Fsp3) is 0.385. The van der Waals surface area contributed by atoms with Gasteiger partial charge in [0.2, 0.25) is 5.91 Å². The molecule has 0 radical (unpaired) electrons. The lowest BCUT2D eigenvalue weighted by molar-refractivity contribution is -0.144. The SMILES string of the molecule is COC(=O)C(CS(=O)c1ccc(OC)cc1)NC(C)=O. The molecule has 1 amide bonds. The van der Waals surface area contributed by atoms with Crippen LogP contribution in [0.3, 0.4) is 0 Å². The van der Waals surface area contributed by atoms with Gasteiger partial charge >= 0.3 is 5.97 Å². The summed E-state index contributed by atoms with van der Waals surface area (Å²) in [5.74, 6) is -0.398. The highest BCUT2D eigenvalue weighted by Crippen LogP contribution is 2.15. The van der Waals surface area contributed by atoms with Crippen LogP contribution in [0.2, 0.25) is 0 Å². The van der Waals surface area contributed by atoms with Crippen molar-refractivity contribution in [3.8, 4) is 5.75 Å². The first-order chi connectivity index (χ1) is 9.47. The maximum absolute atomic E-state index is 12.2. The Kier molecular flexibility index (Phi) is 6.17. The van der Waals surface area contributed by atoms with E-state index in [4.69, 9.17) is 4.74 Å². The number of hydrogen-bond acceptors (Lipinski definition) is 5. The zero-order valence-corrected chi connectivity index (χ0v) is 12.4. The summed E-state index contributed by atoms with van der Waals surface area (Å²) < 4.78 is 21.8. The van der Waals surface area contributed by atoms with Crippen LogP contribution in [0.25, 0.3) is 0 Å². The first-order valence-corrected chi connectivity index (χ1v) is 7.17. The third-order valence-electron chi connectivity index (χ3n) is 2.50. The fourth-order valence-corrected chi connectivity index (χ4v) is 2.69. The van der Waals surface area contributed by atoms with Crippen LogP contribution in [0.15, 0.2) is 29.2 Å². The number of benzene rings is 1. The molecular formula is C13H17NO5S. The fourth-order valence-electron chi connectivity index (χ4n) is 1.53. The van der Waals surface area contributed by atoms with Gasteiger partial charge in [0.05, 0.1) is 30.8 Å². The van der Waals surface area contributed by atoms with E-state index in [-0.39, 0.29) is 11.7 Å². The van der Waals surface area contributed by atoms with Crippen LogP contribution < -0.4 is 10.1 Å². The summed E-state index contributed by atoms with van der Waals surface area (Å²) >= 11 is 0. The highest BCUT2D eigenvalue weighted by Gasteiger charge is 2.23. The summed E-state index contributed by atoms with van der Waals surface area (Å²) in [7, 11) is 1.32. The summed E-state index contributed by atoms with van der Waals surface area (Å²) in [6.45, 7) is 1.28. The van der Waals surface area contributed by atoms with Crippen molar-refractivity contribution in [1.82, 2.24) is 5.32 Å². The van der Waals surface area contributed by atoms with E-state index in [1.165, 1.54) is 21.1 Å². The molecule has 1 aromatic carbocycles. The summed E-state index contributed by atoms with van der Waals surface area (Å²) in [6, 6.07) is 5.73. The lowest BCUT2D eigenvalue weighted by atomic mass is 10.3. The molecule has 0 aliphatic rings. The average Bonchev–Trinajstić information content (AvgIpc) is 2.45. The predicted molar refractivity (Wildman–Crippen MR) is 73.9 cm³/mol. The zero-order chi connectivity index (χ0) is 15.1. The van der Waals surface area contributed by atoms with Gasteiger partial charge in [-0.15, -0.1) is 0 Å². The van der Waals surface area contributed by atoms with Gasteiger partial charge < -0.3 is 14.8 Å². The number of carbonyl (C=O) groups excluding carboxylic acids is 2. The number of hydrogen-bond donors (Lipinski definition) is 1. The molecule has 0 spiro atoms. The number of nitrogens with one attached hydrogen (secondary N) is 1. The molecular weight excluding hydrogens is 282 g/mol. The standard InChI is InChI=1S/C13H17NO5S/c1-9(15)14-12(13(16)19-3)8-20(17)11-6-4-10(18-2)5-7-11/h4-7,12H,8H2,1-3H3,(H,14,15). The molecule has 0 saturated carbocycles. The van der Waals surface area contributed by atoms with E-state index in [0.29, 0.717) is 10.6 Å². The third-order valence-corrected chi connectivity index (χ3v) is 3.94. The van der Waals surface area contributed by atoms with Crippen LogP contribution in [-0.4, -0.2) is 42.1 Å². The van der Waals surface area contributed by atoms with E-state index in [9.17, 15) is 13.8 Å². The highest BCUT2D eigenvalue weighted by atomic mass is 32.2. The van der Waals surface area contributed by atoms with Gasteiger partial charge in [-0.2, -0.15) is 0 Å². The molecule has 1 rings (SSSR count). The minimum absolute atomic E-state index is 0.0431. The number of methoxy groups -OCH3 is 2. The molecule has 6 nitrogen and oxygen atoms in total. The van der Waals surface area contributed by atoms with Crippen molar-refractivity contribution in [2.45, 2.75) is 17.9 Å². The first-order valence-electron chi connectivity index (χ1n) is 5.85. The first kappa shape index (κ1) is 16.2. The van der Waals surface area contributed by atoms with Crippen molar-refractivity contribution in [2.24, 2.45) is 0 Å². The molecule has 0 heterocycles. The Morgan fingerprint density at radius 1 is 1.25 bits per heavy atom. The molecule has 1 aromatic rings. The molecule has 20 heavy (non-hydrogen) atoms. The van der Waals surface area contributed by atoms with Crippen LogP contribution in [0.4, 0.5) is 0 Å². The Hall–Kier alpha value is -1.89. The second-order valence-electron chi connectivity index (χ2n) is 3.96. The summed E-state index contributed by atoms with van der Waals surface area (Å²) in [5, 5.41) is 2.42. The second-order valence-corrected chi connectivity index (χ2v) is 5.46. The zero-order valence-electron chi connectivity index (χ0n) is 11.5. The van der Waals surface area contributed by atoms with Gasteiger partial charge in [0.1, 0.15) is 11.8 Å². The van der Waals surface area contributed by atoms with Crippen molar-refractivity contribution in [2.75, 3.05) is 20.0 Å². The van der Waals surface area contributed by atoms with Crippen molar-refractivity contribution in [1.29, 1.82) is 0 Å². The predicted octanol–water partition coefficient (Wildman–Crippen LogP) is 0.480. The van der Waals surface area contributed by atoms with Crippen LogP contribution in [0.1, 0.15) is 6.92 Å². The topological polar surface area (TPSA) is 81.7 Å². The molecule has 0 fully saturated rings. The quantitative estimate of drug-likeness (QED) is 0.773. The molecule has 2 unspecified atom stereocenters. The minimum Gasteiger partial charge on any atom is -0.497 e. The second kappa shape index (κ2) is 7.64. The molecule has 0 saturated heterocycles. The van der Waals surface area contributed by atoms with Crippen molar-refractivity contribution in [3.63, 3.8) is 0 Å². The number of carbonyl (C=O) groups is 2. The van der Waals surface area contributed by atoms with E-state index in [1.54, 1.807) is 24.3 Å². The third kappa shape index (κ3) is 4.65. The molecule has 7 heteroatoms. The highest BCUT2D eigenvalue weighted by molar-refractivity contribution is 7.85. The number of ether oxygens (including phenoxy) is 2. The van der Waals surface area contributed by atoms with Gasteiger partial charge in [0.15, 0.2) is 0 Å².